The number of rotatable bonds is 3. The van der Waals surface area contributed by atoms with E-state index in [0.29, 0.717) is 17.9 Å². The summed E-state index contributed by atoms with van der Waals surface area (Å²) in [5.41, 5.74) is 9.85. The molecular formula is C22H25N5O. The van der Waals surface area contributed by atoms with Crippen molar-refractivity contribution < 1.29 is 4.79 Å². The van der Waals surface area contributed by atoms with Crippen LogP contribution in [0.5, 0.6) is 0 Å². The van der Waals surface area contributed by atoms with E-state index >= 15 is 0 Å². The Morgan fingerprint density at radius 2 is 1.64 bits per heavy atom. The van der Waals surface area contributed by atoms with Gasteiger partial charge in [-0.05, 0) is 24.1 Å². The summed E-state index contributed by atoms with van der Waals surface area (Å²) in [6, 6.07) is 20.8. The third kappa shape index (κ3) is 3.30. The van der Waals surface area contributed by atoms with E-state index in [2.05, 4.69) is 45.0 Å². The number of piperazine rings is 1. The first kappa shape index (κ1) is 17.4. The van der Waals surface area contributed by atoms with Crippen LogP contribution in [-0.2, 0) is 0 Å². The van der Waals surface area contributed by atoms with E-state index in [9.17, 15) is 4.79 Å². The van der Waals surface area contributed by atoms with Crippen molar-refractivity contribution in [3.8, 4) is 0 Å². The molecule has 28 heavy (non-hydrogen) atoms. The van der Waals surface area contributed by atoms with Crippen molar-refractivity contribution in [2.24, 2.45) is 0 Å². The first-order valence-electron chi connectivity index (χ1n) is 9.95. The number of hydrogen-bond donors (Lipinski definition) is 3. The van der Waals surface area contributed by atoms with Gasteiger partial charge in [0.15, 0.2) is 0 Å². The molecule has 144 valence electrons. The number of amides is 1. The number of aromatic nitrogens is 1. The van der Waals surface area contributed by atoms with E-state index in [1.165, 1.54) is 5.56 Å². The van der Waals surface area contributed by atoms with Crippen molar-refractivity contribution in [1.29, 1.82) is 0 Å². The van der Waals surface area contributed by atoms with Gasteiger partial charge in [0.05, 0.1) is 6.17 Å². The molecular weight excluding hydrogens is 350 g/mol. The van der Waals surface area contributed by atoms with Gasteiger partial charge in [-0.25, -0.2) is 10.9 Å². The monoisotopic (exact) mass is 375 g/mol. The van der Waals surface area contributed by atoms with Crippen LogP contribution in [-0.4, -0.2) is 53.0 Å². The summed E-state index contributed by atoms with van der Waals surface area (Å²) in [5, 5.41) is 1.08. The van der Waals surface area contributed by atoms with Gasteiger partial charge in [-0.2, -0.15) is 0 Å². The summed E-state index contributed by atoms with van der Waals surface area (Å²) in [5.74, 6) is 0.0931. The third-order valence-corrected chi connectivity index (χ3v) is 5.89. The van der Waals surface area contributed by atoms with Crippen LogP contribution in [0.25, 0.3) is 10.9 Å². The van der Waals surface area contributed by atoms with Crippen molar-refractivity contribution in [3.05, 3.63) is 71.9 Å². The van der Waals surface area contributed by atoms with Crippen LogP contribution in [0.2, 0.25) is 0 Å². The number of hydrazine groups is 1. The lowest BCUT2D eigenvalue weighted by molar-refractivity contribution is 0.0540. The maximum Gasteiger partial charge on any atom is 0.270 e. The highest BCUT2D eigenvalue weighted by molar-refractivity contribution is 5.98. The zero-order valence-electron chi connectivity index (χ0n) is 15.8. The van der Waals surface area contributed by atoms with Gasteiger partial charge in [0, 0.05) is 43.1 Å². The Morgan fingerprint density at radius 1 is 0.893 bits per heavy atom. The number of H-pyrrole nitrogens is 1. The number of carbonyl (C=O) groups is 1. The van der Waals surface area contributed by atoms with Crippen LogP contribution < -0.4 is 10.9 Å². The summed E-state index contributed by atoms with van der Waals surface area (Å²) in [7, 11) is 0. The molecule has 3 N–H and O–H groups in total. The minimum absolute atomic E-state index is 0.0931. The van der Waals surface area contributed by atoms with Crippen LogP contribution >= 0.6 is 0 Å². The number of para-hydroxylation sites is 1. The number of nitrogens with one attached hydrogen (secondary N) is 3. The number of aromatic amines is 1. The minimum atomic E-state index is 0.0931. The standard InChI is InChI=1S/C22H25N5O/c28-22(20-14-17-8-4-5-9-18(17)23-20)27-12-10-26(11-13-27)21-15-19(24-25-21)16-6-2-1-3-7-16/h1-9,14,19,21,23-25H,10-13,15H2. The smallest absolute Gasteiger partial charge is 0.270 e. The number of nitrogens with zero attached hydrogens (tertiary/aromatic N) is 2. The van der Waals surface area contributed by atoms with Gasteiger partial charge < -0.3 is 9.88 Å². The molecule has 5 rings (SSSR count). The van der Waals surface area contributed by atoms with Crippen LogP contribution in [0.15, 0.2) is 60.7 Å². The molecule has 1 amide bonds. The fourth-order valence-electron chi connectivity index (χ4n) is 4.28. The molecule has 2 aliphatic rings. The summed E-state index contributed by atoms with van der Waals surface area (Å²) >= 11 is 0. The second-order valence-electron chi connectivity index (χ2n) is 7.60. The Bertz CT molecular complexity index is 928. The van der Waals surface area contributed by atoms with Gasteiger partial charge in [0.2, 0.25) is 0 Å². The fraction of sp³-hybridized carbons (Fsp3) is 0.318. The zero-order chi connectivity index (χ0) is 18.9. The summed E-state index contributed by atoms with van der Waals surface area (Å²) in [6.45, 7) is 3.27. The highest BCUT2D eigenvalue weighted by Gasteiger charge is 2.32. The van der Waals surface area contributed by atoms with E-state index in [1.54, 1.807) is 0 Å². The molecule has 0 aliphatic carbocycles. The Labute approximate surface area is 164 Å². The molecule has 0 radical (unpaired) electrons. The predicted octanol–water partition coefficient (Wildman–Crippen LogP) is 2.49. The number of benzene rings is 2. The van der Waals surface area contributed by atoms with E-state index in [4.69, 9.17) is 0 Å². The molecule has 2 fully saturated rings. The molecule has 2 atom stereocenters. The van der Waals surface area contributed by atoms with Crippen molar-refractivity contribution in [3.63, 3.8) is 0 Å². The molecule has 1 aromatic heterocycles. The number of hydrogen-bond acceptors (Lipinski definition) is 4. The average molecular weight is 375 g/mol. The largest absolute Gasteiger partial charge is 0.351 e. The summed E-state index contributed by atoms with van der Waals surface area (Å²) < 4.78 is 0. The normalized spacial score (nSPS) is 23.4. The first-order valence-corrected chi connectivity index (χ1v) is 9.95. The SMILES string of the molecule is O=C(c1cc2ccccc2[nH]1)N1CCN(C2CC(c3ccccc3)NN2)CC1. The van der Waals surface area contributed by atoms with E-state index in [-0.39, 0.29) is 5.91 Å². The lowest BCUT2D eigenvalue weighted by atomic mass is 10.0. The van der Waals surface area contributed by atoms with E-state index in [1.807, 2.05) is 41.3 Å². The van der Waals surface area contributed by atoms with Gasteiger partial charge in [-0.3, -0.25) is 9.69 Å². The molecule has 6 heteroatoms. The van der Waals surface area contributed by atoms with Gasteiger partial charge in [-0.1, -0.05) is 48.5 Å². The summed E-state index contributed by atoms with van der Waals surface area (Å²) in [4.78, 5) is 20.5. The van der Waals surface area contributed by atoms with Crippen LogP contribution in [0.3, 0.4) is 0 Å². The predicted molar refractivity (Wildman–Crippen MR) is 110 cm³/mol. The Morgan fingerprint density at radius 3 is 2.43 bits per heavy atom. The molecule has 6 nitrogen and oxygen atoms in total. The lowest BCUT2D eigenvalue weighted by Crippen LogP contribution is -2.55. The van der Waals surface area contributed by atoms with Crippen molar-refractivity contribution in [1.82, 2.24) is 25.6 Å². The molecule has 0 saturated carbocycles. The molecule has 2 unspecified atom stereocenters. The summed E-state index contributed by atoms with van der Waals surface area (Å²) in [6.07, 6.45) is 1.33. The first-order chi connectivity index (χ1) is 13.8. The maximum atomic E-state index is 12.9. The lowest BCUT2D eigenvalue weighted by Gasteiger charge is -2.37. The highest BCUT2D eigenvalue weighted by Crippen LogP contribution is 2.24. The minimum Gasteiger partial charge on any atom is -0.351 e. The van der Waals surface area contributed by atoms with Gasteiger partial charge in [0.25, 0.3) is 5.91 Å². The molecule has 2 aromatic carbocycles. The topological polar surface area (TPSA) is 63.4 Å². The quantitative estimate of drug-likeness (QED) is 0.658. The highest BCUT2D eigenvalue weighted by atomic mass is 16.2. The number of carbonyl (C=O) groups excluding carboxylic acids is 1. The molecule has 2 saturated heterocycles. The van der Waals surface area contributed by atoms with Crippen LogP contribution in [0.4, 0.5) is 0 Å². The van der Waals surface area contributed by atoms with Gasteiger partial charge >= 0.3 is 0 Å². The van der Waals surface area contributed by atoms with Crippen LogP contribution in [0.1, 0.15) is 28.5 Å². The molecule has 3 heterocycles. The second kappa shape index (κ2) is 7.39. The third-order valence-electron chi connectivity index (χ3n) is 5.89. The molecule has 3 aromatic rings. The van der Waals surface area contributed by atoms with Gasteiger partial charge in [0.1, 0.15) is 5.69 Å². The maximum absolute atomic E-state index is 12.9. The molecule has 2 aliphatic heterocycles. The van der Waals surface area contributed by atoms with Crippen molar-refractivity contribution >= 4 is 16.8 Å². The van der Waals surface area contributed by atoms with Gasteiger partial charge in [-0.15, -0.1) is 0 Å². The second-order valence-corrected chi connectivity index (χ2v) is 7.60. The Hall–Kier alpha value is -2.67. The van der Waals surface area contributed by atoms with E-state index < -0.39 is 0 Å². The van der Waals surface area contributed by atoms with Crippen LogP contribution in [0, 0.1) is 0 Å². The van der Waals surface area contributed by atoms with E-state index in [0.717, 1.165) is 43.5 Å². The van der Waals surface area contributed by atoms with Crippen molar-refractivity contribution in [2.75, 3.05) is 26.2 Å². The fourth-order valence-corrected chi connectivity index (χ4v) is 4.28. The average Bonchev–Trinajstić information content (AvgIpc) is 3.41. The number of fused-ring (bicyclic) bond motifs is 1. The van der Waals surface area contributed by atoms with Crippen molar-refractivity contribution in [2.45, 2.75) is 18.6 Å². The molecule has 0 bridgehead atoms. The Kier molecular flexibility index (Phi) is 4.60. The Balaban J connectivity index is 1.19. The molecule has 0 spiro atoms. The zero-order valence-corrected chi connectivity index (χ0v) is 15.8.